The van der Waals surface area contributed by atoms with Crippen LogP contribution >= 0.6 is 0 Å². The Kier molecular flexibility index (Phi) is 9.56. The normalized spacial score (nSPS) is 12.3. The summed E-state index contributed by atoms with van der Waals surface area (Å²) >= 11 is 0. The maximum Gasteiger partial charge on any atom is 0.294 e. The van der Waals surface area contributed by atoms with E-state index in [0.29, 0.717) is 6.07 Å². The highest BCUT2D eigenvalue weighted by molar-refractivity contribution is 7.86. The number of non-ortho nitro benzene ring substituents is 2. The zero-order valence-electron chi connectivity index (χ0n) is 25.3. The van der Waals surface area contributed by atoms with E-state index in [0.717, 1.165) is 54.6 Å². The van der Waals surface area contributed by atoms with Crippen molar-refractivity contribution < 1.29 is 56.2 Å². The Balaban J connectivity index is 1.69. The molecule has 0 aliphatic heterocycles. The van der Waals surface area contributed by atoms with E-state index in [2.05, 4.69) is 30.7 Å². The molecule has 52 heavy (non-hydrogen) atoms. The molecule has 5 aromatic rings. The number of benzene rings is 5. The monoisotopic (exact) mass is 754 g/mol. The number of nitrogens with zero attached hydrogens (tertiary/aromatic N) is 8. The van der Waals surface area contributed by atoms with E-state index >= 15 is 0 Å². The molecule has 6 N–H and O–H groups in total. The first-order valence-corrected chi connectivity index (χ1v) is 16.5. The van der Waals surface area contributed by atoms with Crippen molar-refractivity contribution in [1.29, 1.82) is 0 Å². The second-order valence-corrected chi connectivity index (χ2v) is 13.0. The smallest absolute Gasteiger partial charge is 0.294 e. The van der Waals surface area contributed by atoms with Gasteiger partial charge < -0.3 is 20.4 Å². The number of aromatic hydroxyl groups is 4. The Morgan fingerprint density at radius 3 is 1.56 bits per heavy atom. The summed E-state index contributed by atoms with van der Waals surface area (Å²) in [4.78, 5) is 18.8. The number of phenolic OH excluding ortho intramolecular Hbond substituents is 4. The molecule has 0 aromatic heterocycles. The van der Waals surface area contributed by atoms with Crippen LogP contribution in [0.4, 0.5) is 45.5 Å². The van der Waals surface area contributed by atoms with Crippen LogP contribution in [0.3, 0.4) is 0 Å². The van der Waals surface area contributed by atoms with Gasteiger partial charge >= 0.3 is 0 Å². The van der Waals surface area contributed by atoms with Gasteiger partial charge in [0.2, 0.25) is 0 Å². The first kappa shape index (κ1) is 36.3. The summed E-state index contributed by atoms with van der Waals surface area (Å²) in [5, 5.41) is 86.8. The van der Waals surface area contributed by atoms with Gasteiger partial charge in [0.25, 0.3) is 31.6 Å². The molecule has 0 atom stereocenters. The number of phenols is 4. The lowest BCUT2D eigenvalue weighted by atomic mass is 10.1. The summed E-state index contributed by atoms with van der Waals surface area (Å²) in [6.07, 6.45) is 0. The zero-order chi connectivity index (χ0) is 38.1. The molecule has 0 heterocycles. The van der Waals surface area contributed by atoms with Crippen LogP contribution in [0.2, 0.25) is 0 Å². The van der Waals surface area contributed by atoms with E-state index in [-0.39, 0.29) is 27.8 Å². The third-order valence-electron chi connectivity index (χ3n) is 6.78. The summed E-state index contributed by atoms with van der Waals surface area (Å²) < 4.78 is 66.6. The second-order valence-electron chi connectivity index (χ2n) is 10.2. The average molecular weight is 755 g/mol. The molecule has 266 valence electrons. The predicted octanol–water partition coefficient (Wildman–Crippen LogP) is 7.22. The first-order valence-electron chi connectivity index (χ1n) is 13.6. The molecule has 24 heteroatoms. The largest absolute Gasteiger partial charge is 0.507 e. The number of hydrogen-bond acceptors (Lipinski definition) is 18. The minimum absolute atomic E-state index is 0.0495. The molecule has 0 spiro atoms. The maximum absolute atomic E-state index is 12.0. The van der Waals surface area contributed by atoms with Gasteiger partial charge in [-0.3, -0.25) is 29.3 Å². The second kappa shape index (κ2) is 13.7. The van der Waals surface area contributed by atoms with Gasteiger partial charge in [-0.25, -0.2) is 0 Å². The molecular weight excluding hydrogens is 736 g/mol. The van der Waals surface area contributed by atoms with Crippen LogP contribution in [0.15, 0.2) is 113 Å². The van der Waals surface area contributed by atoms with Gasteiger partial charge in [0.05, 0.1) is 42.5 Å². The van der Waals surface area contributed by atoms with Crippen molar-refractivity contribution in [2.24, 2.45) is 30.7 Å². The Labute approximate surface area is 288 Å². The molecular formula is C28H18N8O14S2. The van der Waals surface area contributed by atoms with Gasteiger partial charge in [-0.1, -0.05) is 0 Å². The third-order valence-corrected chi connectivity index (χ3v) is 8.45. The first-order chi connectivity index (χ1) is 24.3. The number of nitro benzene ring substituents is 2. The van der Waals surface area contributed by atoms with E-state index in [9.17, 15) is 66.6 Å². The molecule has 5 aromatic carbocycles. The summed E-state index contributed by atoms with van der Waals surface area (Å²) in [6.45, 7) is 0. The molecule has 0 amide bonds. The van der Waals surface area contributed by atoms with Gasteiger partial charge in [0.15, 0.2) is 17.2 Å². The third kappa shape index (κ3) is 7.73. The fraction of sp³-hybridized carbons (Fsp3) is 0. The highest BCUT2D eigenvalue weighted by atomic mass is 32.2. The van der Waals surface area contributed by atoms with Crippen molar-refractivity contribution >= 4 is 76.5 Å². The highest BCUT2D eigenvalue weighted by Gasteiger charge is 2.22. The van der Waals surface area contributed by atoms with Crippen LogP contribution in [0.25, 0.3) is 10.8 Å². The number of hydrogen-bond donors (Lipinski definition) is 6. The minimum Gasteiger partial charge on any atom is -0.507 e. The zero-order valence-corrected chi connectivity index (χ0v) is 26.9. The summed E-state index contributed by atoms with van der Waals surface area (Å²) in [7, 11) is -9.92. The molecule has 0 saturated heterocycles. The summed E-state index contributed by atoms with van der Waals surface area (Å²) in [5.41, 5.74) is -3.50. The van der Waals surface area contributed by atoms with Gasteiger partial charge in [0.1, 0.15) is 28.6 Å². The van der Waals surface area contributed by atoms with E-state index in [1.54, 1.807) is 0 Å². The number of rotatable bonds is 10. The Morgan fingerprint density at radius 2 is 1.02 bits per heavy atom. The molecule has 0 saturated carbocycles. The van der Waals surface area contributed by atoms with E-state index in [1.807, 2.05) is 0 Å². The summed E-state index contributed by atoms with van der Waals surface area (Å²) in [6, 6.07) is 11.1. The predicted molar refractivity (Wildman–Crippen MR) is 175 cm³/mol. The lowest BCUT2D eigenvalue weighted by Crippen LogP contribution is -2.00. The molecule has 0 aliphatic rings. The summed E-state index contributed by atoms with van der Waals surface area (Å²) in [5.74, 6) is -3.44. The Hall–Kier alpha value is -7.02. The van der Waals surface area contributed by atoms with Crippen molar-refractivity contribution in [3.63, 3.8) is 0 Å². The lowest BCUT2D eigenvalue weighted by molar-refractivity contribution is -0.385. The number of nitro groups is 2. The fourth-order valence-corrected chi connectivity index (χ4v) is 5.41. The SMILES string of the molecule is O=[N+]([O-])c1ccc(N=Nc2cc(N=Nc3cc(S(=O)(=O)O)cc4cc(S(=O)(=O)O)cc(O)c34)c(O)c(N=Nc3ccc([N+](=O)[O-])cc3O)c2O)cc1. The standard InChI is InChI=1S/C28H18N8O14S2/c37-23-9-16(36(43)44)5-6-19(23)30-34-26-27(39)21(32-29-14-1-3-15(4-2-14)35(41)42)12-22(28(26)40)33-31-20-10-17(51(45,46)47)7-13-8-18(52(48,49)50)11-24(38)25(13)20/h1-12,37-40H,(H,45,46,47)(H,48,49,50). The van der Waals surface area contributed by atoms with Crippen molar-refractivity contribution in [1.82, 2.24) is 0 Å². The van der Waals surface area contributed by atoms with Gasteiger partial charge in [-0.05, 0) is 41.8 Å². The van der Waals surface area contributed by atoms with Gasteiger partial charge in [-0.15, -0.1) is 25.6 Å². The lowest BCUT2D eigenvalue weighted by Gasteiger charge is -2.10. The molecule has 0 bridgehead atoms. The number of azo groups is 3. The van der Waals surface area contributed by atoms with Crippen molar-refractivity contribution in [3.8, 4) is 23.0 Å². The van der Waals surface area contributed by atoms with Crippen molar-refractivity contribution in [2.75, 3.05) is 0 Å². The van der Waals surface area contributed by atoms with Crippen molar-refractivity contribution in [3.05, 3.63) is 93.0 Å². The van der Waals surface area contributed by atoms with Crippen LogP contribution < -0.4 is 0 Å². The van der Waals surface area contributed by atoms with Gasteiger partial charge in [0, 0.05) is 30.3 Å². The fourth-order valence-electron chi connectivity index (χ4n) is 4.34. The topological polar surface area (TPSA) is 350 Å². The van der Waals surface area contributed by atoms with E-state index in [1.165, 1.54) is 12.1 Å². The molecule has 0 fully saturated rings. The Bertz CT molecular complexity index is 2630. The molecule has 0 unspecified atom stereocenters. The molecule has 5 rings (SSSR count). The highest BCUT2D eigenvalue weighted by Crippen LogP contribution is 2.51. The molecule has 0 radical (unpaired) electrons. The number of fused-ring (bicyclic) bond motifs is 1. The minimum atomic E-state index is -5.00. The van der Waals surface area contributed by atoms with Gasteiger partial charge in [-0.2, -0.15) is 21.9 Å². The van der Waals surface area contributed by atoms with E-state index in [4.69, 9.17) is 0 Å². The van der Waals surface area contributed by atoms with Crippen LogP contribution in [-0.2, 0) is 20.2 Å². The molecule has 22 nitrogen and oxygen atoms in total. The van der Waals surface area contributed by atoms with Crippen LogP contribution in [0.1, 0.15) is 0 Å². The van der Waals surface area contributed by atoms with Crippen LogP contribution in [0.5, 0.6) is 23.0 Å². The molecule has 0 aliphatic carbocycles. The van der Waals surface area contributed by atoms with Crippen molar-refractivity contribution in [2.45, 2.75) is 9.79 Å². The van der Waals surface area contributed by atoms with Crippen LogP contribution in [-0.4, -0.2) is 56.2 Å². The van der Waals surface area contributed by atoms with Crippen LogP contribution in [0, 0.1) is 20.2 Å². The Morgan fingerprint density at radius 1 is 0.519 bits per heavy atom. The maximum atomic E-state index is 12.0. The average Bonchev–Trinajstić information content (AvgIpc) is 3.06. The quantitative estimate of drug-likeness (QED) is 0.0355. The van der Waals surface area contributed by atoms with E-state index < -0.39 is 91.3 Å².